The van der Waals surface area contributed by atoms with Crippen LogP contribution >= 0.6 is 11.6 Å². The van der Waals surface area contributed by atoms with Crippen molar-refractivity contribution < 1.29 is 5.11 Å². The molecule has 4 nitrogen and oxygen atoms in total. The standard InChI is InChI=1S/C11H20ClN3O/c1-7(2)10-9(6-13-5-8(3)16)11(12)15(4)14-10/h7-8,13,16H,5-6H2,1-4H3/t8-/m1/s1. The molecule has 0 fully saturated rings. The second kappa shape index (κ2) is 5.66. The van der Waals surface area contributed by atoms with Crippen molar-refractivity contribution in [2.45, 2.75) is 39.3 Å². The Kier molecular flexibility index (Phi) is 4.77. The lowest BCUT2D eigenvalue weighted by Crippen LogP contribution is -2.24. The third kappa shape index (κ3) is 3.20. The molecule has 0 aliphatic rings. The first-order valence-electron chi connectivity index (χ1n) is 5.53. The summed E-state index contributed by atoms with van der Waals surface area (Å²) in [6.45, 7) is 7.14. The molecule has 92 valence electrons. The van der Waals surface area contributed by atoms with Crippen molar-refractivity contribution >= 4 is 11.6 Å². The predicted molar refractivity (Wildman–Crippen MR) is 65.7 cm³/mol. The molecule has 1 heterocycles. The lowest BCUT2D eigenvalue weighted by molar-refractivity contribution is 0.191. The van der Waals surface area contributed by atoms with Crippen LogP contribution in [0.15, 0.2) is 0 Å². The Morgan fingerprint density at radius 3 is 2.56 bits per heavy atom. The Morgan fingerprint density at radius 1 is 1.44 bits per heavy atom. The van der Waals surface area contributed by atoms with E-state index in [1.165, 1.54) is 0 Å². The number of aliphatic hydroxyl groups is 1. The van der Waals surface area contributed by atoms with Gasteiger partial charge in [0.05, 0.1) is 11.8 Å². The molecule has 0 bridgehead atoms. The van der Waals surface area contributed by atoms with Crippen LogP contribution in [-0.2, 0) is 13.6 Å². The molecule has 0 spiro atoms. The van der Waals surface area contributed by atoms with Crippen LogP contribution in [0.2, 0.25) is 5.15 Å². The zero-order valence-corrected chi connectivity index (χ0v) is 11.0. The fourth-order valence-electron chi connectivity index (χ4n) is 1.60. The van der Waals surface area contributed by atoms with Gasteiger partial charge >= 0.3 is 0 Å². The molecule has 0 saturated carbocycles. The molecule has 0 aromatic carbocycles. The summed E-state index contributed by atoms with van der Waals surface area (Å²) in [4.78, 5) is 0. The monoisotopic (exact) mass is 245 g/mol. The molecule has 16 heavy (non-hydrogen) atoms. The third-order valence-electron chi connectivity index (χ3n) is 2.39. The van der Waals surface area contributed by atoms with Crippen molar-refractivity contribution in [3.05, 3.63) is 16.4 Å². The summed E-state index contributed by atoms with van der Waals surface area (Å²) in [6, 6.07) is 0. The Balaban J connectivity index is 2.77. The Labute approximate surface area is 102 Å². The van der Waals surface area contributed by atoms with E-state index in [2.05, 4.69) is 24.3 Å². The van der Waals surface area contributed by atoms with Gasteiger partial charge in [-0.2, -0.15) is 5.10 Å². The van der Waals surface area contributed by atoms with Crippen LogP contribution in [0.5, 0.6) is 0 Å². The van der Waals surface area contributed by atoms with Gasteiger partial charge in [0.1, 0.15) is 5.15 Å². The largest absolute Gasteiger partial charge is 0.392 e. The fraction of sp³-hybridized carbons (Fsp3) is 0.727. The minimum absolute atomic E-state index is 0.349. The van der Waals surface area contributed by atoms with Crippen LogP contribution in [0.1, 0.15) is 37.9 Å². The second-order valence-electron chi connectivity index (χ2n) is 4.41. The number of aryl methyl sites for hydroxylation is 1. The summed E-state index contributed by atoms with van der Waals surface area (Å²) in [5, 5.41) is 17.4. The van der Waals surface area contributed by atoms with Gasteiger partial charge in [-0.05, 0) is 12.8 Å². The van der Waals surface area contributed by atoms with Gasteiger partial charge in [-0.25, -0.2) is 0 Å². The third-order valence-corrected chi connectivity index (χ3v) is 2.86. The number of aromatic nitrogens is 2. The lowest BCUT2D eigenvalue weighted by atomic mass is 10.1. The second-order valence-corrected chi connectivity index (χ2v) is 4.77. The van der Waals surface area contributed by atoms with Crippen LogP contribution in [0.4, 0.5) is 0 Å². The molecular formula is C11H20ClN3O. The van der Waals surface area contributed by atoms with Crippen molar-refractivity contribution in [2.24, 2.45) is 7.05 Å². The molecule has 0 saturated heterocycles. The van der Waals surface area contributed by atoms with Gasteiger partial charge in [-0.1, -0.05) is 25.4 Å². The normalized spacial score (nSPS) is 13.4. The number of hydrogen-bond acceptors (Lipinski definition) is 3. The first kappa shape index (κ1) is 13.5. The summed E-state index contributed by atoms with van der Waals surface area (Å²) in [5.41, 5.74) is 2.05. The maximum Gasteiger partial charge on any atom is 0.131 e. The van der Waals surface area contributed by atoms with Crippen molar-refractivity contribution in [2.75, 3.05) is 6.54 Å². The Bertz CT molecular complexity index is 347. The average molecular weight is 246 g/mol. The highest BCUT2D eigenvalue weighted by molar-refractivity contribution is 6.30. The van der Waals surface area contributed by atoms with Gasteiger partial charge in [-0.15, -0.1) is 0 Å². The Hall–Kier alpha value is -0.580. The topological polar surface area (TPSA) is 50.1 Å². The van der Waals surface area contributed by atoms with Gasteiger partial charge in [0.15, 0.2) is 0 Å². The molecule has 0 amide bonds. The van der Waals surface area contributed by atoms with Crippen LogP contribution in [0, 0.1) is 0 Å². The van der Waals surface area contributed by atoms with E-state index < -0.39 is 0 Å². The number of nitrogens with zero attached hydrogens (tertiary/aromatic N) is 2. The maximum atomic E-state index is 9.17. The average Bonchev–Trinajstić information content (AvgIpc) is 2.45. The predicted octanol–water partition coefficient (Wildman–Crippen LogP) is 1.67. The molecule has 1 rings (SSSR count). The number of rotatable bonds is 5. The van der Waals surface area contributed by atoms with E-state index in [4.69, 9.17) is 16.7 Å². The molecule has 1 atom stereocenters. The molecule has 5 heteroatoms. The molecule has 0 aliphatic carbocycles. The smallest absolute Gasteiger partial charge is 0.131 e. The van der Waals surface area contributed by atoms with Crippen molar-refractivity contribution in [3.63, 3.8) is 0 Å². The van der Waals surface area contributed by atoms with Gasteiger partial charge < -0.3 is 10.4 Å². The van der Waals surface area contributed by atoms with E-state index in [-0.39, 0.29) is 6.10 Å². The van der Waals surface area contributed by atoms with Crippen LogP contribution in [-0.4, -0.2) is 27.5 Å². The first-order chi connectivity index (χ1) is 7.43. The van der Waals surface area contributed by atoms with E-state index in [9.17, 15) is 0 Å². The molecular weight excluding hydrogens is 226 g/mol. The highest BCUT2D eigenvalue weighted by atomic mass is 35.5. The summed E-state index contributed by atoms with van der Waals surface area (Å²) < 4.78 is 1.69. The number of hydrogen-bond donors (Lipinski definition) is 2. The number of halogens is 1. The van der Waals surface area contributed by atoms with Crippen molar-refractivity contribution in [1.82, 2.24) is 15.1 Å². The van der Waals surface area contributed by atoms with E-state index in [0.717, 1.165) is 11.3 Å². The summed E-state index contributed by atoms with van der Waals surface area (Å²) in [5.74, 6) is 0.349. The van der Waals surface area contributed by atoms with Crippen molar-refractivity contribution in [1.29, 1.82) is 0 Å². The summed E-state index contributed by atoms with van der Waals surface area (Å²) in [7, 11) is 1.84. The van der Waals surface area contributed by atoms with Crippen LogP contribution < -0.4 is 5.32 Å². The molecule has 0 aliphatic heterocycles. The van der Waals surface area contributed by atoms with Crippen LogP contribution in [0.25, 0.3) is 0 Å². The Morgan fingerprint density at radius 2 is 2.06 bits per heavy atom. The number of nitrogens with one attached hydrogen (secondary N) is 1. The van der Waals surface area contributed by atoms with Crippen LogP contribution in [0.3, 0.4) is 0 Å². The SMILES string of the molecule is CC(C)c1nn(C)c(Cl)c1CNC[C@@H](C)O. The maximum absolute atomic E-state index is 9.17. The van der Waals surface area contributed by atoms with E-state index in [0.29, 0.717) is 24.2 Å². The van der Waals surface area contributed by atoms with Gasteiger partial charge in [0.2, 0.25) is 0 Å². The highest BCUT2D eigenvalue weighted by Gasteiger charge is 2.16. The fourth-order valence-corrected chi connectivity index (χ4v) is 1.80. The van der Waals surface area contributed by atoms with Gasteiger partial charge in [0, 0.05) is 25.7 Å². The minimum Gasteiger partial charge on any atom is -0.392 e. The van der Waals surface area contributed by atoms with Gasteiger partial charge in [-0.3, -0.25) is 4.68 Å². The minimum atomic E-state index is -0.349. The number of aliphatic hydroxyl groups excluding tert-OH is 1. The first-order valence-corrected chi connectivity index (χ1v) is 5.91. The summed E-state index contributed by atoms with van der Waals surface area (Å²) >= 11 is 6.17. The van der Waals surface area contributed by atoms with E-state index >= 15 is 0 Å². The van der Waals surface area contributed by atoms with Gasteiger partial charge in [0.25, 0.3) is 0 Å². The lowest BCUT2D eigenvalue weighted by Gasteiger charge is -2.08. The molecule has 2 N–H and O–H groups in total. The molecule has 1 aromatic rings. The van der Waals surface area contributed by atoms with Crippen molar-refractivity contribution in [3.8, 4) is 0 Å². The summed E-state index contributed by atoms with van der Waals surface area (Å²) in [6.07, 6.45) is -0.349. The highest BCUT2D eigenvalue weighted by Crippen LogP contribution is 2.24. The quantitative estimate of drug-likeness (QED) is 0.830. The molecule has 0 radical (unpaired) electrons. The molecule has 0 unspecified atom stereocenters. The van der Waals surface area contributed by atoms with E-state index in [1.807, 2.05) is 7.05 Å². The van der Waals surface area contributed by atoms with E-state index in [1.54, 1.807) is 11.6 Å². The zero-order chi connectivity index (χ0) is 12.3. The zero-order valence-electron chi connectivity index (χ0n) is 10.3. The molecule has 1 aromatic heterocycles.